The second-order valence-corrected chi connectivity index (χ2v) is 7.39. The number of benzene rings is 2. The van der Waals surface area contributed by atoms with E-state index in [-0.39, 0.29) is 11.9 Å². The highest BCUT2D eigenvalue weighted by Crippen LogP contribution is 2.30. The van der Waals surface area contributed by atoms with E-state index in [0.717, 1.165) is 38.0 Å². The fourth-order valence-corrected chi connectivity index (χ4v) is 3.82. The van der Waals surface area contributed by atoms with Crippen LogP contribution in [0.3, 0.4) is 0 Å². The maximum absolute atomic E-state index is 12.9. The summed E-state index contributed by atoms with van der Waals surface area (Å²) < 4.78 is 10.6. The molecule has 3 rings (SSSR count). The van der Waals surface area contributed by atoms with Crippen molar-refractivity contribution in [3.63, 3.8) is 0 Å². The molecule has 1 aliphatic heterocycles. The van der Waals surface area contributed by atoms with Crippen molar-refractivity contribution in [2.45, 2.75) is 32.2 Å². The normalized spacial score (nSPS) is 15.8. The zero-order valence-corrected chi connectivity index (χ0v) is 17.0. The molecule has 0 radical (unpaired) electrons. The van der Waals surface area contributed by atoms with Crippen molar-refractivity contribution in [3.05, 3.63) is 54.1 Å². The number of hydrogen-bond acceptors (Lipinski definition) is 4. The molecule has 2 aromatic rings. The number of carbonyl (C=O) groups is 1. The maximum Gasteiger partial charge on any atom is 0.244 e. The molecule has 0 saturated carbocycles. The fraction of sp³-hybridized carbons (Fsp3) is 0.435. The van der Waals surface area contributed by atoms with Crippen molar-refractivity contribution in [1.29, 1.82) is 0 Å². The number of anilines is 1. The number of nitrogens with one attached hydrogen (secondary N) is 1. The number of likely N-dealkylation sites (tertiary alicyclic amines) is 1. The van der Waals surface area contributed by atoms with Crippen LogP contribution >= 0.6 is 0 Å². The molecule has 150 valence electrons. The first-order valence-electron chi connectivity index (χ1n) is 9.92. The molecule has 0 spiro atoms. The Kier molecular flexibility index (Phi) is 6.80. The molecular weight excluding hydrogens is 352 g/mol. The summed E-state index contributed by atoms with van der Waals surface area (Å²) in [5, 5.41) is 3.29. The van der Waals surface area contributed by atoms with Gasteiger partial charge in [0.15, 0.2) is 11.5 Å². The van der Waals surface area contributed by atoms with Crippen molar-refractivity contribution in [2.75, 3.05) is 32.6 Å². The Balaban J connectivity index is 1.52. The summed E-state index contributed by atoms with van der Waals surface area (Å²) in [5.74, 6) is 2.12. The van der Waals surface area contributed by atoms with Crippen molar-refractivity contribution in [3.8, 4) is 11.5 Å². The van der Waals surface area contributed by atoms with E-state index in [4.69, 9.17) is 9.47 Å². The number of piperidine rings is 1. The van der Waals surface area contributed by atoms with Crippen LogP contribution in [0.25, 0.3) is 0 Å². The lowest BCUT2D eigenvalue weighted by Crippen LogP contribution is -2.45. The van der Waals surface area contributed by atoms with Crippen LogP contribution in [0.15, 0.2) is 48.5 Å². The Morgan fingerprint density at radius 1 is 1.07 bits per heavy atom. The zero-order chi connectivity index (χ0) is 19.9. The summed E-state index contributed by atoms with van der Waals surface area (Å²) in [6, 6.07) is 15.9. The van der Waals surface area contributed by atoms with E-state index in [1.165, 1.54) is 5.56 Å². The first-order valence-corrected chi connectivity index (χ1v) is 9.92. The molecule has 1 aliphatic rings. The highest BCUT2D eigenvalue weighted by molar-refractivity contribution is 5.84. The van der Waals surface area contributed by atoms with Crippen LogP contribution in [0.4, 0.5) is 5.69 Å². The average molecular weight is 383 g/mol. The van der Waals surface area contributed by atoms with Crippen LogP contribution in [0, 0.1) is 5.92 Å². The molecule has 5 nitrogen and oxygen atoms in total. The van der Waals surface area contributed by atoms with E-state index in [9.17, 15) is 4.79 Å². The lowest BCUT2D eigenvalue weighted by Gasteiger charge is -2.34. The number of rotatable bonds is 7. The quantitative estimate of drug-likeness (QED) is 0.787. The van der Waals surface area contributed by atoms with Gasteiger partial charge in [-0.1, -0.05) is 30.3 Å². The summed E-state index contributed by atoms with van der Waals surface area (Å²) in [6.45, 7) is 3.57. The van der Waals surface area contributed by atoms with Gasteiger partial charge in [0.2, 0.25) is 5.91 Å². The Morgan fingerprint density at radius 3 is 2.39 bits per heavy atom. The molecule has 0 aromatic heterocycles. The third-order valence-electron chi connectivity index (χ3n) is 5.43. The van der Waals surface area contributed by atoms with Crippen LogP contribution in [0.2, 0.25) is 0 Å². The smallest absolute Gasteiger partial charge is 0.244 e. The van der Waals surface area contributed by atoms with E-state index in [0.29, 0.717) is 17.4 Å². The van der Waals surface area contributed by atoms with Crippen LogP contribution in [0.5, 0.6) is 11.5 Å². The van der Waals surface area contributed by atoms with Gasteiger partial charge in [-0.2, -0.15) is 0 Å². The Hall–Kier alpha value is -2.69. The molecule has 5 heteroatoms. The summed E-state index contributed by atoms with van der Waals surface area (Å²) in [7, 11) is 3.22. The number of methoxy groups -OCH3 is 2. The van der Waals surface area contributed by atoms with E-state index < -0.39 is 0 Å². The van der Waals surface area contributed by atoms with Crippen molar-refractivity contribution >= 4 is 11.6 Å². The lowest BCUT2D eigenvalue weighted by atomic mass is 9.90. The first-order chi connectivity index (χ1) is 13.6. The predicted molar refractivity (Wildman–Crippen MR) is 112 cm³/mol. The molecule has 1 N–H and O–H groups in total. The highest BCUT2D eigenvalue weighted by Gasteiger charge is 2.26. The molecule has 1 saturated heterocycles. The highest BCUT2D eigenvalue weighted by atomic mass is 16.5. The van der Waals surface area contributed by atoms with Gasteiger partial charge in [-0.15, -0.1) is 0 Å². The molecule has 1 amide bonds. The third kappa shape index (κ3) is 4.97. The van der Waals surface area contributed by atoms with Crippen molar-refractivity contribution in [2.24, 2.45) is 5.92 Å². The van der Waals surface area contributed by atoms with Crippen molar-refractivity contribution in [1.82, 2.24) is 4.90 Å². The topological polar surface area (TPSA) is 50.8 Å². The fourth-order valence-electron chi connectivity index (χ4n) is 3.82. The minimum atomic E-state index is -0.288. The number of nitrogens with zero attached hydrogens (tertiary/aromatic N) is 1. The van der Waals surface area contributed by atoms with Gasteiger partial charge in [0.25, 0.3) is 0 Å². The Morgan fingerprint density at radius 2 is 1.75 bits per heavy atom. The molecule has 1 fully saturated rings. The van der Waals surface area contributed by atoms with Crippen LogP contribution in [-0.2, 0) is 11.2 Å². The minimum absolute atomic E-state index is 0.146. The second-order valence-electron chi connectivity index (χ2n) is 7.39. The van der Waals surface area contributed by atoms with Gasteiger partial charge in [-0.3, -0.25) is 4.79 Å². The number of ether oxygens (including phenoxy) is 2. The van der Waals surface area contributed by atoms with Gasteiger partial charge in [-0.25, -0.2) is 0 Å². The lowest BCUT2D eigenvalue weighted by molar-refractivity contribution is -0.133. The number of amides is 1. The third-order valence-corrected chi connectivity index (χ3v) is 5.43. The van der Waals surface area contributed by atoms with Gasteiger partial charge in [0.1, 0.15) is 6.04 Å². The van der Waals surface area contributed by atoms with Gasteiger partial charge in [0, 0.05) is 24.8 Å². The first kappa shape index (κ1) is 20.1. The minimum Gasteiger partial charge on any atom is -0.493 e. The molecule has 1 heterocycles. The van der Waals surface area contributed by atoms with Gasteiger partial charge in [-0.05, 0) is 49.8 Å². The summed E-state index contributed by atoms with van der Waals surface area (Å²) in [6.07, 6.45) is 3.22. The SMILES string of the molecule is COc1ccc(NC(C)C(=O)N2CCC(Cc3ccccc3)CC2)cc1OC. The predicted octanol–water partition coefficient (Wildman–Crippen LogP) is 3.99. The molecule has 2 aromatic carbocycles. The zero-order valence-electron chi connectivity index (χ0n) is 17.0. The van der Waals surface area contributed by atoms with Crippen LogP contribution in [-0.4, -0.2) is 44.2 Å². The largest absolute Gasteiger partial charge is 0.493 e. The molecule has 28 heavy (non-hydrogen) atoms. The average Bonchev–Trinajstić information content (AvgIpc) is 2.74. The summed E-state index contributed by atoms with van der Waals surface area (Å²) in [5.41, 5.74) is 2.23. The number of carbonyl (C=O) groups excluding carboxylic acids is 1. The Labute approximate surface area is 167 Å². The van der Waals surface area contributed by atoms with E-state index in [1.807, 2.05) is 30.0 Å². The van der Waals surface area contributed by atoms with Gasteiger partial charge >= 0.3 is 0 Å². The molecule has 0 bridgehead atoms. The van der Waals surface area contributed by atoms with Gasteiger partial charge < -0.3 is 19.7 Å². The van der Waals surface area contributed by atoms with Crippen LogP contribution < -0.4 is 14.8 Å². The molecule has 1 atom stereocenters. The van der Waals surface area contributed by atoms with Crippen LogP contribution in [0.1, 0.15) is 25.3 Å². The molecular formula is C23H30N2O3. The molecule has 1 unspecified atom stereocenters. The summed E-state index contributed by atoms with van der Waals surface area (Å²) in [4.78, 5) is 14.8. The van der Waals surface area contributed by atoms with E-state index in [1.54, 1.807) is 14.2 Å². The van der Waals surface area contributed by atoms with Crippen molar-refractivity contribution < 1.29 is 14.3 Å². The monoisotopic (exact) mass is 382 g/mol. The standard InChI is InChI=1S/C23H30N2O3/c1-17(24-20-9-10-21(27-2)22(16-20)28-3)23(26)25-13-11-19(12-14-25)15-18-7-5-4-6-8-18/h4-10,16-17,19,24H,11-15H2,1-3H3. The Bertz CT molecular complexity index is 771. The summed E-state index contributed by atoms with van der Waals surface area (Å²) >= 11 is 0. The second kappa shape index (κ2) is 9.49. The molecule has 0 aliphatic carbocycles. The number of hydrogen-bond donors (Lipinski definition) is 1. The van der Waals surface area contributed by atoms with E-state index in [2.05, 4.69) is 35.6 Å². The van der Waals surface area contributed by atoms with E-state index >= 15 is 0 Å². The maximum atomic E-state index is 12.9. The van der Waals surface area contributed by atoms with Gasteiger partial charge in [0.05, 0.1) is 14.2 Å².